The Bertz CT molecular complexity index is 316. The van der Waals surface area contributed by atoms with E-state index in [1.54, 1.807) is 0 Å². The Hall–Kier alpha value is -1.16. The molecular formula is C8H11N3O. The highest BCUT2D eigenvalue weighted by Gasteiger charge is 2.16. The number of carbonyl (C=O) groups is 1. The van der Waals surface area contributed by atoms with Crippen molar-refractivity contribution in [3.63, 3.8) is 0 Å². The maximum atomic E-state index is 10.7. The van der Waals surface area contributed by atoms with E-state index in [4.69, 9.17) is 0 Å². The van der Waals surface area contributed by atoms with Crippen LogP contribution in [0.5, 0.6) is 0 Å². The van der Waals surface area contributed by atoms with Crippen LogP contribution in [0, 0.1) is 6.92 Å². The van der Waals surface area contributed by atoms with Gasteiger partial charge in [0.15, 0.2) is 6.29 Å². The van der Waals surface area contributed by atoms with E-state index in [1.165, 1.54) is 0 Å². The zero-order valence-electron chi connectivity index (χ0n) is 7.00. The van der Waals surface area contributed by atoms with Gasteiger partial charge in [0.1, 0.15) is 0 Å². The van der Waals surface area contributed by atoms with Gasteiger partial charge in [-0.1, -0.05) is 0 Å². The number of hydrogen-bond donors (Lipinski definition) is 1. The van der Waals surface area contributed by atoms with Crippen molar-refractivity contribution in [2.24, 2.45) is 0 Å². The lowest BCUT2D eigenvalue weighted by Gasteiger charge is -2.14. The summed E-state index contributed by atoms with van der Waals surface area (Å²) in [4.78, 5) is 10.7. The van der Waals surface area contributed by atoms with Crippen molar-refractivity contribution in [3.8, 4) is 0 Å². The first-order valence-corrected chi connectivity index (χ1v) is 4.05. The average molecular weight is 165 g/mol. The first-order chi connectivity index (χ1) is 5.83. The van der Waals surface area contributed by atoms with E-state index in [9.17, 15) is 4.79 Å². The molecule has 0 spiro atoms. The second-order valence-electron chi connectivity index (χ2n) is 2.96. The molecular weight excluding hydrogens is 154 g/mol. The van der Waals surface area contributed by atoms with Gasteiger partial charge < -0.3 is 5.32 Å². The van der Waals surface area contributed by atoms with E-state index in [-0.39, 0.29) is 0 Å². The second kappa shape index (κ2) is 2.71. The third-order valence-corrected chi connectivity index (χ3v) is 2.19. The maximum Gasteiger partial charge on any atom is 0.153 e. The monoisotopic (exact) mass is 165 g/mol. The molecule has 0 amide bonds. The summed E-state index contributed by atoms with van der Waals surface area (Å²) < 4.78 is 1.91. The highest BCUT2D eigenvalue weighted by molar-refractivity contribution is 5.78. The van der Waals surface area contributed by atoms with E-state index >= 15 is 0 Å². The summed E-state index contributed by atoms with van der Waals surface area (Å²) >= 11 is 0. The Morgan fingerprint density at radius 3 is 3.25 bits per heavy atom. The van der Waals surface area contributed by atoms with Crippen molar-refractivity contribution in [1.29, 1.82) is 0 Å². The Morgan fingerprint density at radius 2 is 2.50 bits per heavy atom. The van der Waals surface area contributed by atoms with Crippen LogP contribution in [-0.2, 0) is 13.1 Å². The number of aryl methyl sites for hydroxylation is 1. The number of hydrogen-bond acceptors (Lipinski definition) is 3. The Labute approximate surface area is 70.6 Å². The topological polar surface area (TPSA) is 46.9 Å². The molecule has 0 aromatic carbocycles. The van der Waals surface area contributed by atoms with Crippen molar-refractivity contribution < 1.29 is 4.79 Å². The van der Waals surface area contributed by atoms with Gasteiger partial charge in [-0.2, -0.15) is 5.10 Å². The predicted octanol–water partition coefficient (Wildman–Crippen LogP) is 0.107. The zero-order chi connectivity index (χ0) is 8.55. The van der Waals surface area contributed by atoms with E-state index in [0.717, 1.165) is 42.9 Å². The first-order valence-electron chi connectivity index (χ1n) is 4.05. The van der Waals surface area contributed by atoms with Gasteiger partial charge in [0.2, 0.25) is 0 Å². The van der Waals surface area contributed by atoms with E-state index in [1.807, 2.05) is 11.6 Å². The molecule has 0 fully saturated rings. The molecule has 1 aromatic rings. The van der Waals surface area contributed by atoms with Crippen molar-refractivity contribution in [2.45, 2.75) is 20.0 Å². The van der Waals surface area contributed by atoms with Gasteiger partial charge in [0, 0.05) is 13.1 Å². The molecule has 2 rings (SSSR count). The van der Waals surface area contributed by atoms with Gasteiger partial charge in [-0.3, -0.25) is 9.48 Å². The Morgan fingerprint density at radius 1 is 1.67 bits per heavy atom. The number of aromatic nitrogens is 2. The fraction of sp³-hybridized carbons (Fsp3) is 0.500. The van der Waals surface area contributed by atoms with Gasteiger partial charge in [-0.05, 0) is 6.92 Å². The van der Waals surface area contributed by atoms with Crippen LogP contribution >= 0.6 is 0 Å². The summed E-state index contributed by atoms with van der Waals surface area (Å²) in [7, 11) is 0. The molecule has 0 atom stereocenters. The summed E-state index contributed by atoms with van der Waals surface area (Å²) in [5.41, 5.74) is 2.61. The summed E-state index contributed by atoms with van der Waals surface area (Å²) in [5.74, 6) is 0. The van der Waals surface area contributed by atoms with Gasteiger partial charge >= 0.3 is 0 Å². The number of nitrogens with zero attached hydrogens (tertiary/aromatic N) is 2. The fourth-order valence-electron chi connectivity index (χ4n) is 1.56. The SMILES string of the molecule is Cc1nn2c(c1C=O)CNCC2. The van der Waals surface area contributed by atoms with Crippen molar-refractivity contribution >= 4 is 6.29 Å². The van der Waals surface area contributed by atoms with Crippen molar-refractivity contribution in [2.75, 3.05) is 6.54 Å². The fourth-order valence-corrected chi connectivity index (χ4v) is 1.56. The lowest BCUT2D eigenvalue weighted by Crippen LogP contribution is -2.28. The molecule has 0 saturated carbocycles. The largest absolute Gasteiger partial charge is 0.309 e. The van der Waals surface area contributed by atoms with Crippen LogP contribution in [0.4, 0.5) is 0 Å². The minimum Gasteiger partial charge on any atom is -0.309 e. The molecule has 64 valence electrons. The molecule has 0 bridgehead atoms. The maximum absolute atomic E-state index is 10.7. The quantitative estimate of drug-likeness (QED) is 0.601. The molecule has 0 saturated heterocycles. The van der Waals surface area contributed by atoms with Crippen molar-refractivity contribution in [3.05, 3.63) is 17.0 Å². The summed E-state index contributed by atoms with van der Waals surface area (Å²) in [5, 5.41) is 7.48. The van der Waals surface area contributed by atoms with Crippen LogP contribution < -0.4 is 5.32 Å². The van der Waals surface area contributed by atoms with Crippen LogP contribution in [0.1, 0.15) is 21.7 Å². The van der Waals surface area contributed by atoms with E-state index in [2.05, 4.69) is 10.4 Å². The minimum atomic E-state index is 0.752. The summed E-state index contributed by atoms with van der Waals surface area (Å²) in [6.45, 7) is 4.43. The molecule has 0 aliphatic carbocycles. The van der Waals surface area contributed by atoms with Crippen LogP contribution in [0.25, 0.3) is 0 Å². The molecule has 4 nitrogen and oxygen atoms in total. The van der Waals surface area contributed by atoms with E-state index in [0.29, 0.717) is 0 Å². The highest BCUT2D eigenvalue weighted by atomic mass is 16.1. The lowest BCUT2D eigenvalue weighted by atomic mass is 10.2. The van der Waals surface area contributed by atoms with Gasteiger partial charge in [0.05, 0.1) is 23.5 Å². The molecule has 2 heterocycles. The zero-order valence-corrected chi connectivity index (χ0v) is 7.00. The Balaban J connectivity index is 2.53. The third kappa shape index (κ3) is 0.956. The van der Waals surface area contributed by atoms with Crippen LogP contribution in [-0.4, -0.2) is 22.6 Å². The molecule has 4 heteroatoms. The normalized spacial score (nSPS) is 15.8. The first kappa shape index (κ1) is 7.49. The van der Waals surface area contributed by atoms with Gasteiger partial charge in [0.25, 0.3) is 0 Å². The number of rotatable bonds is 1. The average Bonchev–Trinajstić information content (AvgIpc) is 2.40. The number of nitrogens with one attached hydrogen (secondary N) is 1. The smallest absolute Gasteiger partial charge is 0.153 e. The van der Waals surface area contributed by atoms with Crippen LogP contribution in [0.3, 0.4) is 0 Å². The molecule has 1 aromatic heterocycles. The molecule has 1 N–H and O–H groups in total. The molecule has 1 aliphatic rings. The molecule has 1 aliphatic heterocycles. The summed E-state index contributed by atoms with van der Waals surface area (Å²) in [6.07, 6.45) is 0.890. The number of fused-ring (bicyclic) bond motifs is 1. The molecule has 0 radical (unpaired) electrons. The highest BCUT2D eigenvalue weighted by Crippen LogP contribution is 2.13. The lowest BCUT2D eigenvalue weighted by molar-refractivity contribution is 0.112. The number of aldehydes is 1. The Kier molecular flexibility index (Phi) is 1.69. The standard InChI is InChI=1S/C8H11N3O/c1-6-7(5-12)8-4-9-2-3-11(8)10-6/h5,9H,2-4H2,1H3. The molecule has 12 heavy (non-hydrogen) atoms. The van der Waals surface area contributed by atoms with Crippen LogP contribution in [0.2, 0.25) is 0 Å². The van der Waals surface area contributed by atoms with Crippen LogP contribution in [0.15, 0.2) is 0 Å². The van der Waals surface area contributed by atoms with Gasteiger partial charge in [-0.25, -0.2) is 0 Å². The minimum absolute atomic E-state index is 0.752. The third-order valence-electron chi connectivity index (χ3n) is 2.19. The van der Waals surface area contributed by atoms with Crippen molar-refractivity contribution in [1.82, 2.24) is 15.1 Å². The van der Waals surface area contributed by atoms with E-state index < -0.39 is 0 Å². The second-order valence-corrected chi connectivity index (χ2v) is 2.96. The summed E-state index contributed by atoms with van der Waals surface area (Å²) in [6, 6.07) is 0. The molecule has 0 unspecified atom stereocenters. The predicted molar refractivity (Wildman–Crippen MR) is 44.1 cm³/mol. The van der Waals surface area contributed by atoms with Gasteiger partial charge in [-0.15, -0.1) is 0 Å². The number of carbonyl (C=O) groups excluding carboxylic acids is 1.